The monoisotopic (exact) mass is 221 g/mol. The van der Waals surface area contributed by atoms with Crippen molar-refractivity contribution in [2.75, 3.05) is 6.54 Å². The summed E-state index contributed by atoms with van der Waals surface area (Å²) in [7, 11) is 0. The van der Waals surface area contributed by atoms with Gasteiger partial charge in [0.25, 0.3) is 5.91 Å². The van der Waals surface area contributed by atoms with Gasteiger partial charge in [-0.1, -0.05) is 13.3 Å². The molecule has 2 rings (SSSR count). The van der Waals surface area contributed by atoms with E-state index in [1.54, 1.807) is 16.9 Å². The standard InChI is InChI=1S/C12H19N3O/c1-2-8-15-11(6-7-14-15)12(16)13-9-10-4-3-5-10/h6-7,10H,2-5,8-9H2,1H3,(H,13,16). The van der Waals surface area contributed by atoms with Gasteiger partial charge in [-0.3, -0.25) is 9.48 Å². The van der Waals surface area contributed by atoms with Crippen LogP contribution in [-0.2, 0) is 6.54 Å². The number of nitrogens with zero attached hydrogens (tertiary/aromatic N) is 2. The first kappa shape index (κ1) is 11.2. The molecule has 88 valence electrons. The topological polar surface area (TPSA) is 46.9 Å². The Bertz CT molecular complexity index is 355. The third kappa shape index (κ3) is 2.43. The van der Waals surface area contributed by atoms with Gasteiger partial charge in [-0.25, -0.2) is 0 Å². The molecule has 0 bridgehead atoms. The van der Waals surface area contributed by atoms with Gasteiger partial charge >= 0.3 is 0 Å². The van der Waals surface area contributed by atoms with Gasteiger partial charge < -0.3 is 5.32 Å². The van der Waals surface area contributed by atoms with E-state index >= 15 is 0 Å². The predicted octanol–water partition coefficient (Wildman–Crippen LogP) is 1.82. The summed E-state index contributed by atoms with van der Waals surface area (Å²) >= 11 is 0. The van der Waals surface area contributed by atoms with Crippen LogP contribution in [0.4, 0.5) is 0 Å². The summed E-state index contributed by atoms with van der Waals surface area (Å²) in [6.07, 6.45) is 6.51. The summed E-state index contributed by atoms with van der Waals surface area (Å²) in [5, 5.41) is 7.13. The Balaban J connectivity index is 1.88. The van der Waals surface area contributed by atoms with E-state index in [2.05, 4.69) is 17.3 Å². The molecule has 16 heavy (non-hydrogen) atoms. The smallest absolute Gasteiger partial charge is 0.269 e. The van der Waals surface area contributed by atoms with Crippen LogP contribution in [0.1, 0.15) is 43.1 Å². The van der Waals surface area contributed by atoms with Gasteiger partial charge in [0.1, 0.15) is 5.69 Å². The van der Waals surface area contributed by atoms with Crippen molar-refractivity contribution in [1.29, 1.82) is 0 Å². The maximum absolute atomic E-state index is 11.9. The first-order chi connectivity index (χ1) is 7.81. The van der Waals surface area contributed by atoms with E-state index in [4.69, 9.17) is 0 Å². The molecule has 1 saturated carbocycles. The number of hydrogen-bond donors (Lipinski definition) is 1. The van der Waals surface area contributed by atoms with E-state index in [-0.39, 0.29) is 5.91 Å². The Kier molecular flexibility index (Phi) is 3.59. The molecular formula is C12H19N3O. The lowest BCUT2D eigenvalue weighted by Gasteiger charge is -2.25. The van der Waals surface area contributed by atoms with E-state index in [1.165, 1.54) is 19.3 Å². The second-order valence-electron chi connectivity index (χ2n) is 4.45. The molecule has 0 radical (unpaired) electrons. The normalized spacial score (nSPS) is 15.8. The van der Waals surface area contributed by atoms with Crippen molar-refractivity contribution in [3.63, 3.8) is 0 Å². The molecule has 1 aliphatic carbocycles. The van der Waals surface area contributed by atoms with E-state index in [0.717, 1.165) is 19.5 Å². The fourth-order valence-electron chi connectivity index (χ4n) is 1.94. The van der Waals surface area contributed by atoms with Crippen molar-refractivity contribution < 1.29 is 4.79 Å². The van der Waals surface area contributed by atoms with Gasteiger partial charge in [-0.15, -0.1) is 0 Å². The number of rotatable bonds is 5. The maximum atomic E-state index is 11.9. The van der Waals surface area contributed by atoms with E-state index in [0.29, 0.717) is 11.6 Å². The molecule has 1 aromatic rings. The lowest BCUT2D eigenvalue weighted by atomic mass is 9.85. The number of nitrogens with one attached hydrogen (secondary N) is 1. The second kappa shape index (κ2) is 5.14. The number of aryl methyl sites for hydroxylation is 1. The Morgan fingerprint density at radius 2 is 2.44 bits per heavy atom. The zero-order valence-corrected chi connectivity index (χ0v) is 9.78. The highest BCUT2D eigenvalue weighted by molar-refractivity contribution is 5.92. The van der Waals surface area contributed by atoms with Crippen LogP contribution in [0, 0.1) is 5.92 Å². The van der Waals surface area contributed by atoms with Crippen LogP contribution in [0.15, 0.2) is 12.3 Å². The van der Waals surface area contributed by atoms with Crippen LogP contribution >= 0.6 is 0 Å². The molecule has 0 atom stereocenters. The number of hydrogen-bond acceptors (Lipinski definition) is 2. The SMILES string of the molecule is CCCn1nccc1C(=O)NCC1CCC1. The molecule has 1 fully saturated rings. The van der Waals surface area contributed by atoms with Crippen LogP contribution < -0.4 is 5.32 Å². The minimum atomic E-state index is 0.0119. The molecule has 4 nitrogen and oxygen atoms in total. The summed E-state index contributed by atoms with van der Waals surface area (Å²) < 4.78 is 1.77. The summed E-state index contributed by atoms with van der Waals surface area (Å²) in [5.41, 5.74) is 0.682. The molecule has 1 N–H and O–H groups in total. The van der Waals surface area contributed by atoms with Gasteiger partial charge in [0, 0.05) is 19.3 Å². The highest BCUT2D eigenvalue weighted by Gasteiger charge is 2.19. The minimum absolute atomic E-state index is 0.0119. The van der Waals surface area contributed by atoms with Gasteiger partial charge in [0.15, 0.2) is 0 Å². The van der Waals surface area contributed by atoms with Crippen LogP contribution in [0.2, 0.25) is 0 Å². The third-order valence-electron chi connectivity index (χ3n) is 3.16. The van der Waals surface area contributed by atoms with Crippen molar-refractivity contribution in [2.24, 2.45) is 5.92 Å². The fraction of sp³-hybridized carbons (Fsp3) is 0.667. The van der Waals surface area contributed by atoms with Crippen molar-refractivity contribution >= 4 is 5.91 Å². The van der Waals surface area contributed by atoms with Crippen LogP contribution in [-0.4, -0.2) is 22.2 Å². The second-order valence-corrected chi connectivity index (χ2v) is 4.45. The van der Waals surface area contributed by atoms with Gasteiger partial charge in [-0.05, 0) is 31.2 Å². The van der Waals surface area contributed by atoms with Crippen molar-refractivity contribution in [3.8, 4) is 0 Å². The molecule has 4 heteroatoms. The van der Waals surface area contributed by atoms with E-state index in [1.807, 2.05) is 0 Å². The zero-order valence-electron chi connectivity index (χ0n) is 9.78. The van der Waals surface area contributed by atoms with Crippen LogP contribution in [0.3, 0.4) is 0 Å². The van der Waals surface area contributed by atoms with E-state index < -0.39 is 0 Å². The van der Waals surface area contributed by atoms with Gasteiger partial charge in [0.05, 0.1) is 0 Å². The largest absolute Gasteiger partial charge is 0.350 e. The quantitative estimate of drug-likeness (QED) is 0.824. The summed E-state index contributed by atoms with van der Waals surface area (Å²) in [4.78, 5) is 11.9. The predicted molar refractivity (Wildman–Crippen MR) is 62.2 cm³/mol. The highest BCUT2D eigenvalue weighted by Crippen LogP contribution is 2.25. The lowest BCUT2D eigenvalue weighted by Crippen LogP contribution is -2.33. The van der Waals surface area contributed by atoms with Crippen molar-refractivity contribution in [2.45, 2.75) is 39.2 Å². The third-order valence-corrected chi connectivity index (χ3v) is 3.16. The molecule has 1 heterocycles. The van der Waals surface area contributed by atoms with Gasteiger partial charge in [0.2, 0.25) is 0 Å². The van der Waals surface area contributed by atoms with E-state index in [9.17, 15) is 4.79 Å². The summed E-state index contributed by atoms with van der Waals surface area (Å²) in [5.74, 6) is 0.712. The average molecular weight is 221 g/mol. The minimum Gasteiger partial charge on any atom is -0.350 e. The number of aromatic nitrogens is 2. The zero-order chi connectivity index (χ0) is 11.4. The van der Waals surface area contributed by atoms with Gasteiger partial charge in [-0.2, -0.15) is 5.10 Å². The molecule has 1 amide bonds. The molecular weight excluding hydrogens is 202 g/mol. The Morgan fingerprint density at radius 3 is 3.06 bits per heavy atom. The molecule has 0 aliphatic heterocycles. The Labute approximate surface area is 96.0 Å². The molecule has 0 aromatic carbocycles. The Morgan fingerprint density at radius 1 is 1.62 bits per heavy atom. The molecule has 0 saturated heterocycles. The molecule has 1 aliphatic rings. The number of carbonyl (C=O) groups is 1. The fourth-order valence-corrected chi connectivity index (χ4v) is 1.94. The van der Waals surface area contributed by atoms with Crippen molar-refractivity contribution in [3.05, 3.63) is 18.0 Å². The molecule has 1 aromatic heterocycles. The molecule has 0 unspecified atom stereocenters. The van der Waals surface area contributed by atoms with Crippen LogP contribution in [0.5, 0.6) is 0 Å². The first-order valence-electron chi connectivity index (χ1n) is 6.11. The Hall–Kier alpha value is -1.32. The van der Waals surface area contributed by atoms with Crippen LogP contribution in [0.25, 0.3) is 0 Å². The summed E-state index contributed by atoms with van der Waals surface area (Å²) in [6, 6.07) is 1.78. The lowest BCUT2D eigenvalue weighted by molar-refractivity contribution is 0.0928. The highest BCUT2D eigenvalue weighted by atomic mass is 16.2. The maximum Gasteiger partial charge on any atom is 0.269 e. The molecule has 0 spiro atoms. The average Bonchev–Trinajstić information content (AvgIpc) is 2.64. The number of amides is 1. The number of carbonyl (C=O) groups excluding carboxylic acids is 1. The van der Waals surface area contributed by atoms with Crippen molar-refractivity contribution in [1.82, 2.24) is 15.1 Å². The summed E-state index contributed by atoms with van der Waals surface area (Å²) in [6.45, 7) is 3.70. The first-order valence-corrected chi connectivity index (χ1v) is 6.11.